The Kier molecular flexibility index (Phi) is 24.4. The van der Waals surface area contributed by atoms with Gasteiger partial charge in [-0.25, -0.2) is 39.3 Å². The first-order valence-corrected chi connectivity index (χ1v) is 28.9. The molecule has 0 aliphatic heterocycles. The first kappa shape index (κ1) is 67.3. The van der Waals surface area contributed by atoms with Gasteiger partial charge in [0.1, 0.15) is 23.9 Å². The van der Waals surface area contributed by atoms with Crippen LogP contribution in [0.5, 0.6) is 5.75 Å². The van der Waals surface area contributed by atoms with Gasteiger partial charge in [0.2, 0.25) is 17.8 Å². The summed E-state index contributed by atoms with van der Waals surface area (Å²) in [5.74, 6) is -3.92. The quantitative estimate of drug-likeness (QED) is 0.0284. The van der Waals surface area contributed by atoms with Crippen LogP contribution in [0.25, 0.3) is 33.8 Å². The molecule has 464 valence electrons. The van der Waals surface area contributed by atoms with Gasteiger partial charge in [-0.1, -0.05) is 143 Å². The van der Waals surface area contributed by atoms with Gasteiger partial charge in [-0.05, 0) is 80.8 Å². The van der Waals surface area contributed by atoms with E-state index in [0.717, 1.165) is 22.4 Å². The zero-order valence-electron chi connectivity index (χ0n) is 48.4. The smallest absolute Gasteiger partial charge is 0.328 e. The Labute approximate surface area is 536 Å². The van der Waals surface area contributed by atoms with Gasteiger partial charge in [-0.15, -0.1) is 0 Å². The molecule has 9 rings (SSSR count). The van der Waals surface area contributed by atoms with E-state index in [0.29, 0.717) is 39.8 Å². The first-order chi connectivity index (χ1) is 43.1. The Hall–Kier alpha value is -10.2. The van der Waals surface area contributed by atoms with Crippen LogP contribution in [0.15, 0.2) is 164 Å². The van der Waals surface area contributed by atoms with E-state index in [9.17, 15) is 44.1 Å². The third kappa shape index (κ3) is 19.4. The number of imidazole rings is 1. The minimum atomic E-state index is -1.27. The largest absolute Gasteiger partial charge is 0.491 e. The summed E-state index contributed by atoms with van der Waals surface area (Å²) in [4.78, 5) is 101. The highest BCUT2D eigenvalue weighted by molar-refractivity contribution is 6.40. The van der Waals surface area contributed by atoms with Gasteiger partial charge in [0.05, 0.1) is 60.6 Å². The minimum Gasteiger partial charge on any atom is -0.491 e. The number of aromatic amines is 1. The maximum absolute atomic E-state index is 12.9. The Morgan fingerprint density at radius 2 is 0.889 bits per heavy atom. The molecule has 0 fully saturated rings. The van der Waals surface area contributed by atoms with Gasteiger partial charge < -0.3 is 56.9 Å². The lowest BCUT2D eigenvalue weighted by atomic mass is 10.0. The number of benzene rings is 5. The Bertz CT molecular complexity index is 3900. The molecule has 23 nitrogen and oxygen atoms in total. The normalized spacial score (nSPS) is 11.6. The summed E-state index contributed by atoms with van der Waals surface area (Å²) < 4.78 is 5.71. The fraction of sp³-hybridized carbons (Fsp3) is 0.175. The summed E-state index contributed by atoms with van der Waals surface area (Å²) in [7, 11) is 0. The van der Waals surface area contributed by atoms with Crippen LogP contribution in [0.3, 0.4) is 0 Å². The van der Waals surface area contributed by atoms with Crippen molar-refractivity contribution in [1.82, 2.24) is 50.8 Å². The molecular formula is C63H59Cl4N13O10. The number of aromatic nitrogens is 7. The molecule has 0 radical (unpaired) electrons. The van der Waals surface area contributed by atoms with Crippen LogP contribution in [-0.4, -0.2) is 130 Å². The van der Waals surface area contributed by atoms with Gasteiger partial charge in [0.25, 0.3) is 17.7 Å². The fourth-order valence-corrected chi connectivity index (χ4v) is 9.55. The van der Waals surface area contributed by atoms with E-state index in [2.05, 4.69) is 66.8 Å². The average Bonchev–Trinajstić information content (AvgIpc) is 2.93. The number of H-pyrrole nitrogens is 1. The number of pyridine rings is 1. The van der Waals surface area contributed by atoms with Crippen LogP contribution in [-0.2, 0) is 14.4 Å². The maximum atomic E-state index is 12.9. The van der Waals surface area contributed by atoms with Crippen molar-refractivity contribution in [3.05, 3.63) is 212 Å². The summed E-state index contributed by atoms with van der Waals surface area (Å²) in [5.41, 5.74) is 6.75. The van der Waals surface area contributed by atoms with Crippen LogP contribution in [0, 0.1) is 13.8 Å². The molecule has 0 saturated carbocycles. The van der Waals surface area contributed by atoms with E-state index in [-0.39, 0.29) is 68.9 Å². The second-order valence-electron chi connectivity index (χ2n) is 19.7. The second kappa shape index (κ2) is 32.7. The number of carboxylic acids is 3. The molecule has 0 aliphatic rings. The fourth-order valence-electron chi connectivity index (χ4n) is 8.44. The van der Waals surface area contributed by atoms with E-state index in [1.54, 1.807) is 62.8 Å². The number of nitrogens with one attached hydrogen (secondary N) is 7. The summed E-state index contributed by atoms with van der Waals surface area (Å²) in [6.45, 7) is 7.12. The number of hydrogen-bond donors (Lipinski definition) is 10. The highest BCUT2D eigenvalue weighted by atomic mass is 35.5. The van der Waals surface area contributed by atoms with Gasteiger partial charge in [-0.2, -0.15) is 0 Å². The van der Waals surface area contributed by atoms with E-state index in [1.807, 2.05) is 105 Å². The molecule has 0 bridgehead atoms. The van der Waals surface area contributed by atoms with Crippen molar-refractivity contribution in [2.45, 2.75) is 51.9 Å². The Morgan fingerprint density at radius 3 is 1.31 bits per heavy atom. The van der Waals surface area contributed by atoms with E-state index in [4.69, 9.17) is 51.1 Å². The SMILES string of the molecule is Cc1cc(OC(C)C)cc(C)c1C(=O)N[C@@H](CNc1nccc(-c2ccccc2)n1)C(=O)O.O=C(N[C@@H](CNc1ncc(-c2ccccc2)[nH]1)C(=O)O)c1c(Cl)cccc1Cl.O=C(N[C@@H](CNc1nccc(-c2ccccc2)n1)C(=O)O)c1c(Cl)cncc1Cl. The van der Waals surface area contributed by atoms with Gasteiger partial charge in [0, 0.05) is 61.1 Å². The molecule has 3 atom stereocenters. The van der Waals surface area contributed by atoms with Crippen molar-refractivity contribution in [3.63, 3.8) is 0 Å². The number of aryl methyl sites for hydroxylation is 2. The molecule has 0 spiro atoms. The minimum absolute atomic E-state index is 0.00792. The molecule has 5 aromatic carbocycles. The highest BCUT2D eigenvalue weighted by Gasteiger charge is 2.27. The van der Waals surface area contributed by atoms with Crippen molar-refractivity contribution in [1.29, 1.82) is 0 Å². The lowest BCUT2D eigenvalue weighted by Crippen LogP contribution is -2.45. The molecule has 4 heterocycles. The van der Waals surface area contributed by atoms with Crippen LogP contribution < -0.4 is 36.6 Å². The number of rotatable bonds is 23. The molecule has 0 aliphatic carbocycles. The lowest BCUT2D eigenvalue weighted by molar-refractivity contribution is -0.139. The van der Waals surface area contributed by atoms with Crippen LogP contribution in [0.4, 0.5) is 17.8 Å². The predicted molar refractivity (Wildman–Crippen MR) is 343 cm³/mol. The third-order valence-electron chi connectivity index (χ3n) is 12.7. The molecule has 0 saturated heterocycles. The van der Waals surface area contributed by atoms with Crippen molar-refractivity contribution in [2.75, 3.05) is 35.6 Å². The number of hydrogen-bond acceptors (Lipinski definition) is 16. The summed E-state index contributed by atoms with van der Waals surface area (Å²) >= 11 is 23.9. The zero-order chi connectivity index (χ0) is 64.9. The van der Waals surface area contributed by atoms with Crippen molar-refractivity contribution >= 4 is 99.9 Å². The van der Waals surface area contributed by atoms with Crippen molar-refractivity contribution in [3.8, 4) is 39.5 Å². The van der Waals surface area contributed by atoms with Crippen molar-refractivity contribution in [2.24, 2.45) is 0 Å². The predicted octanol–water partition coefficient (Wildman–Crippen LogP) is 10.7. The van der Waals surface area contributed by atoms with Crippen LogP contribution >= 0.6 is 46.4 Å². The topological polar surface area (TPSA) is 338 Å². The number of ether oxygens (including phenoxy) is 1. The average molecular weight is 1300 g/mol. The molecule has 90 heavy (non-hydrogen) atoms. The summed E-state index contributed by atoms with van der Waals surface area (Å²) in [6.07, 6.45) is 7.30. The van der Waals surface area contributed by atoms with Crippen molar-refractivity contribution < 1.29 is 48.8 Å². The van der Waals surface area contributed by atoms with Gasteiger partial charge >= 0.3 is 17.9 Å². The van der Waals surface area contributed by atoms with Crippen LogP contribution in [0.1, 0.15) is 56.0 Å². The van der Waals surface area contributed by atoms with E-state index < -0.39 is 53.8 Å². The number of nitrogens with zero attached hydrogens (tertiary/aromatic N) is 6. The molecule has 4 aromatic heterocycles. The number of amides is 3. The second-order valence-corrected chi connectivity index (χ2v) is 21.3. The van der Waals surface area contributed by atoms with E-state index >= 15 is 0 Å². The van der Waals surface area contributed by atoms with E-state index in [1.165, 1.54) is 24.5 Å². The third-order valence-corrected chi connectivity index (χ3v) is 13.9. The van der Waals surface area contributed by atoms with Crippen LogP contribution in [0.2, 0.25) is 20.1 Å². The number of carbonyl (C=O) groups excluding carboxylic acids is 3. The lowest BCUT2D eigenvalue weighted by Gasteiger charge is -2.18. The molecule has 3 amide bonds. The molecule has 9 aromatic rings. The molecule has 27 heteroatoms. The number of carboxylic acid groups (broad SMARTS) is 3. The zero-order valence-corrected chi connectivity index (χ0v) is 51.4. The molecular weight excluding hydrogens is 1240 g/mol. The number of carbonyl (C=O) groups is 6. The number of anilines is 3. The standard InChI is InChI=1S/C25H28N4O4.C19H15Cl2N5O3.C19H16Cl2N4O3/c1-15(2)33-19-12-16(3)22(17(4)13-19)23(30)28-21(24(31)32)14-27-25-26-11-10-20(29-25)18-8-6-5-7-9-18;20-12-8-22-9-13(21)16(12)17(27)25-15(18(28)29)10-24-19-23-7-6-14(26-19)11-4-2-1-3-5-11;20-12-7-4-8-13(21)16(12)17(26)24-15(18(27)28)10-23-19-22-9-14(25-19)11-5-2-1-3-6-11/h5-13,15,21H,14H2,1-4H3,(H,28,30)(H,31,32)(H,26,27,29);1-9,15H,10H2,(H,25,27)(H,28,29)(H,23,24,26);1-9,15H,10H2,(H,24,26)(H,27,28)(H2,22,23,25)/t21-;2*15-/m000/s1. The highest BCUT2D eigenvalue weighted by Crippen LogP contribution is 2.27. The maximum Gasteiger partial charge on any atom is 0.328 e. The molecule has 0 unspecified atom stereocenters. The van der Waals surface area contributed by atoms with Gasteiger partial charge in [0.15, 0.2) is 0 Å². The summed E-state index contributed by atoms with van der Waals surface area (Å²) in [6, 6.07) is 36.6. The summed E-state index contributed by atoms with van der Waals surface area (Å²) in [5, 5.41) is 44.8. The molecule has 10 N–H and O–H groups in total. The Morgan fingerprint density at radius 1 is 0.489 bits per heavy atom. The first-order valence-electron chi connectivity index (χ1n) is 27.4. The van der Waals surface area contributed by atoms with Gasteiger partial charge in [-0.3, -0.25) is 19.4 Å². The number of halogens is 4. The monoisotopic (exact) mass is 1300 g/mol. The number of aliphatic carboxylic acids is 3. The Balaban J connectivity index is 0.000000193.